The summed E-state index contributed by atoms with van der Waals surface area (Å²) in [4.78, 5) is 11.7. The summed E-state index contributed by atoms with van der Waals surface area (Å²) in [7, 11) is 0. The highest BCUT2D eigenvalue weighted by atomic mass is 15.4. The molecule has 2 heterocycles. The van der Waals surface area contributed by atoms with Gasteiger partial charge in [-0.1, -0.05) is 0 Å². The van der Waals surface area contributed by atoms with E-state index in [1.807, 2.05) is 6.07 Å². The number of nitriles is 1. The summed E-state index contributed by atoms with van der Waals surface area (Å²) in [6.07, 6.45) is 4.58. The molecule has 0 aliphatic carbocycles. The van der Waals surface area contributed by atoms with E-state index in [4.69, 9.17) is 5.26 Å². The highest BCUT2D eigenvalue weighted by Gasteiger charge is 2.11. The number of aromatic nitrogens is 4. The number of hydrogen-bond donors (Lipinski definition) is 0. The highest BCUT2D eigenvalue weighted by Crippen LogP contribution is 2.19. The van der Waals surface area contributed by atoms with Crippen LogP contribution in [0.4, 0.5) is 5.82 Å². The zero-order valence-electron chi connectivity index (χ0n) is 7.70. The summed E-state index contributed by atoms with van der Waals surface area (Å²) in [5.74, 6) is 0.713. The molecule has 0 N–H and O–H groups in total. The lowest BCUT2D eigenvalue weighted by Gasteiger charge is -1.99. The summed E-state index contributed by atoms with van der Waals surface area (Å²) in [6, 6.07) is 3.66. The highest BCUT2D eigenvalue weighted by molar-refractivity contribution is 5.53. The summed E-state index contributed by atoms with van der Waals surface area (Å²) in [6.45, 7) is 3.38. The average molecular weight is 198 g/mol. The van der Waals surface area contributed by atoms with Crippen LogP contribution in [0.1, 0.15) is 5.56 Å². The van der Waals surface area contributed by atoms with E-state index in [2.05, 4.69) is 26.8 Å². The van der Waals surface area contributed by atoms with Crippen LogP contribution in [0.25, 0.3) is 5.95 Å². The number of aliphatic imine (C=N–C) groups is 1. The zero-order chi connectivity index (χ0) is 10.7. The number of rotatable bonds is 2. The summed E-state index contributed by atoms with van der Waals surface area (Å²) in [5, 5.41) is 12.7. The molecular formula is C9H6N6. The maximum Gasteiger partial charge on any atom is 0.252 e. The molecule has 0 fully saturated rings. The van der Waals surface area contributed by atoms with Gasteiger partial charge in [0, 0.05) is 12.4 Å². The molecule has 6 heteroatoms. The first kappa shape index (κ1) is 9.02. The largest absolute Gasteiger partial charge is 0.252 e. The topological polar surface area (TPSA) is 79.8 Å². The Morgan fingerprint density at radius 1 is 1.40 bits per heavy atom. The van der Waals surface area contributed by atoms with Crippen molar-refractivity contribution in [1.29, 1.82) is 5.26 Å². The standard InChI is InChI=1S/C9H6N6/c1-11-8-7(5-10)6-14-15(8)9-12-3-2-4-13-9/h2-4,6H,1H2. The Bertz CT molecular complexity index is 521. The van der Waals surface area contributed by atoms with E-state index in [-0.39, 0.29) is 0 Å². The summed E-state index contributed by atoms with van der Waals surface area (Å²) in [5.41, 5.74) is 0.345. The van der Waals surface area contributed by atoms with Crippen LogP contribution in [0.2, 0.25) is 0 Å². The first-order valence-electron chi connectivity index (χ1n) is 4.09. The van der Waals surface area contributed by atoms with Crippen molar-refractivity contribution in [3.63, 3.8) is 0 Å². The Morgan fingerprint density at radius 3 is 2.73 bits per heavy atom. The van der Waals surface area contributed by atoms with E-state index < -0.39 is 0 Å². The summed E-state index contributed by atoms with van der Waals surface area (Å²) >= 11 is 0. The van der Waals surface area contributed by atoms with Gasteiger partial charge in [-0.3, -0.25) is 0 Å². The van der Waals surface area contributed by atoms with E-state index in [0.717, 1.165) is 0 Å². The van der Waals surface area contributed by atoms with Crippen molar-refractivity contribution in [2.24, 2.45) is 4.99 Å². The fourth-order valence-electron chi connectivity index (χ4n) is 1.12. The number of nitrogens with zero attached hydrogens (tertiary/aromatic N) is 6. The van der Waals surface area contributed by atoms with Gasteiger partial charge in [0.25, 0.3) is 5.95 Å². The molecule has 0 aliphatic rings. The third kappa shape index (κ3) is 1.46. The molecule has 15 heavy (non-hydrogen) atoms. The third-order valence-electron chi connectivity index (χ3n) is 1.76. The maximum absolute atomic E-state index is 8.78. The molecule has 0 spiro atoms. The lowest BCUT2D eigenvalue weighted by Crippen LogP contribution is -2.01. The van der Waals surface area contributed by atoms with E-state index in [1.54, 1.807) is 18.5 Å². The van der Waals surface area contributed by atoms with Gasteiger partial charge >= 0.3 is 0 Å². The minimum absolute atomic E-state index is 0.345. The van der Waals surface area contributed by atoms with E-state index in [9.17, 15) is 0 Å². The predicted molar refractivity (Wildman–Crippen MR) is 53.1 cm³/mol. The molecule has 0 aromatic carbocycles. The molecule has 2 rings (SSSR count). The van der Waals surface area contributed by atoms with E-state index in [0.29, 0.717) is 17.3 Å². The number of hydrogen-bond acceptors (Lipinski definition) is 5. The van der Waals surface area contributed by atoms with Crippen LogP contribution in [-0.2, 0) is 0 Å². The minimum Gasteiger partial charge on any atom is -0.244 e. The fraction of sp³-hybridized carbons (Fsp3) is 0. The molecule has 2 aromatic rings. The van der Waals surface area contributed by atoms with Crippen LogP contribution in [0, 0.1) is 11.3 Å². The van der Waals surface area contributed by atoms with Gasteiger partial charge < -0.3 is 0 Å². The fourth-order valence-corrected chi connectivity index (χ4v) is 1.12. The van der Waals surface area contributed by atoms with Gasteiger partial charge in [-0.15, -0.1) is 0 Å². The second-order valence-corrected chi connectivity index (χ2v) is 2.61. The van der Waals surface area contributed by atoms with Crippen LogP contribution in [0.5, 0.6) is 0 Å². The van der Waals surface area contributed by atoms with Crippen LogP contribution < -0.4 is 0 Å². The Morgan fingerprint density at radius 2 is 2.13 bits per heavy atom. The van der Waals surface area contributed by atoms with Gasteiger partial charge in [-0.25, -0.2) is 15.0 Å². The monoisotopic (exact) mass is 198 g/mol. The molecule has 0 saturated heterocycles. The smallest absolute Gasteiger partial charge is 0.244 e. The van der Waals surface area contributed by atoms with Crippen LogP contribution in [0.3, 0.4) is 0 Å². The lowest BCUT2D eigenvalue weighted by molar-refractivity contribution is 0.810. The lowest BCUT2D eigenvalue weighted by atomic mass is 10.4. The SMILES string of the molecule is C=Nc1c(C#N)cnn1-c1ncccn1. The van der Waals surface area contributed by atoms with Gasteiger partial charge in [-0.05, 0) is 12.8 Å². The second-order valence-electron chi connectivity index (χ2n) is 2.61. The molecule has 2 aromatic heterocycles. The predicted octanol–water partition coefficient (Wildman–Crippen LogP) is 0.866. The normalized spacial score (nSPS) is 9.53. The molecule has 0 radical (unpaired) electrons. The molecule has 0 saturated carbocycles. The van der Waals surface area contributed by atoms with E-state index in [1.165, 1.54) is 10.9 Å². The third-order valence-corrected chi connectivity index (χ3v) is 1.76. The van der Waals surface area contributed by atoms with Gasteiger partial charge in [0.2, 0.25) is 0 Å². The van der Waals surface area contributed by atoms with Gasteiger partial charge in [0.15, 0.2) is 5.82 Å². The second kappa shape index (κ2) is 3.67. The molecule has 0 aliphatic heterocycles. The Balaban J connectivity index is 2.60. The molecule has 6 nitrogen and oxygen atoms in total. The maximum atomic E-state index is 8.78. The average Bonchev–Trinajstić information content (AvgIpc) is 2.72. The molecule has 0 unspecified atom stereocenters. The van der Waals surface area contributed by atoms with Crippen molar-refractivity contribution in [3.05, 3.63) is 30.2 Å². The summed E-state index contributed by atoms with van der Waals surface area (Å²) < 4.78 is 1.37. The van der Waals surface area contributed by atoms with Crippen molar-refractivity contribution in [2.75, 3.05) is 0 Å². The van der Waals surface area contributed by atoms with Gasteiger partial charge in [0.1, 0.15) is 11.6 Å². The van der Waals surface area contributed by atoms with Crippen LogP contribution >= 0.6 is 0 Å². The Kier molecular flexibility index (Phi) is 2.21. The van der Waals surface area contributed by atoms with Crippen molar-refractivity contribution in [2.45, 2.75) is 0 Å². The van der Waals surface area contributed by atoms with Crippen molar-refractivity contribution in [1.82, 2.24) is 19.7 Å². The van der Waals surface area contributed by atoms with Gasteiger partial charge in [-0.2, -0.15) is 15.0 Å². The first-order valence-corrected chi connectivity index (χ1v) is 4.09. The van der Waals surface area contributed by atoms with E-state index >= 15 is 0 Å². The van der Waals surface area contributed by atoms with Crippen LogP contribution in [0.15, 0.2) is 29.6 Å². The molecule has 72 valence electrons. The first-order chi connectivity index (χ1) is 7.36. The van der Waals surface area contributed by atoms with Crippen molar-refractivity contribution in [3.8, 4) is 12.0 Å². The molecule has 0 atom stereocenters. The minimum atomic E-state index is 0.345. The molecule has 0 bridgehead atoms. The molecule has 0 amide bonds. The Hall–Kier alpha value is -2.55. The molecular weight excluding hydrogens is 192 g/mol. The zero-order valence-corrected chi connectivity index (χ0v) is 7.70. The quantitative estimate of drug-likeness (QED) is 0.670. The Labute approximate surface area is 85.6 Å². The van der Waals surface area contributed by atoms with Crippen LogP contribution in [-0.4, -0.2) is 26.5 Å². The van der Waals surface area contributed by atoms with Gasteiger partial charge in [0.05, 0.1) is 6.20 Å². The van der Waals surface area contributed by atoms with Crippen molar-refractivity contribution < 1.29 is 0 Å². The van der Waals surface area contributed by atoms with Crippen molar-refractivity contribution >= 4 is 12.5 Å².